The van der Waals surface area contributed by atoms with Gasteiger partial charge in [0, 0.05) is 38.9 Å². The first-order valence-corrected chi connectivity index (χ1v) is 7.21. The van der Waals surface area contributed by atoms with E-state index in [1.54, 1.807) is 6.20 Å². The monoisotopic (exact) mass is 407 g/mol. The fraction of sp³-hybridized carbons (Fsp3) is 0.714. The Morgan fingerprint density at radius 3 is 3.00 bits per heavy atom. The van der Waals surface area contributed by atoms with Gasteiger partial charge in [0.15, 0.2) is 5.96 Å². The van der Waals surface area contributed by atoms with Crippen molar-refractivity contribution >= 4 is 29.9 Å². The van der Waals surface area contributed by atoms with Crippen molar-refractivity contribution in [1.29, 1.82) is 0 Å². The highest BCUT2D eigenvalue weighted by Crippen LogP contribution is 2.33. The van der Waals surface area contributed by atoms with E-state index in [0.29, 0.717) is 17.8 Å². The molecular formula is C14H26IN5O. The fourth-order valence-corrected chi connectivity index (χ4v) is 2.41. The van der Waals surface area contributed by atoms with Gasteiger partial charge in [-0.25, -0.2) is 0 Å². The lowest BCUT2D eigenvalue weighted by Gasteiger charge is -2.19. The fourth-order valence-electron chi connectivity index (χ4n) is 2.41. The Hall–Kier alpha value is -0.830. The third kappa shape index (κ3) is 5.14. The molecular weight excluding hydrogens is 381 g/mol. The first kappa shape index (κ1) is 18.2. The third-order valence-corrected chi connectivity index (χ3v) is 3.54. The first-order valence-electron chi connectivity index (χ1n) is 7.21. The molecule has 2 heterocycles. The van der Waals surface area contributed by atoms with Crippen molar-refractivity contribution in [2.45, 2.75) is 26.4 Å². The van der Waals surface area contributed by atoms with Crippen molar-refractivity contribution in [3.63, 3.8) is 0 Å². The minimum atomic E-state index is 0. The number of aryl methyl sites for hydroxylation is 1. The number of aromatic nitrogens is 2. The van der Waals surface area contributed by atoms with Gasteiger partial charge in [-0.3, -0.25) is 9.67 Å². The van der Waals surface area contributed by atoms with Gasteiger partial charge >= 0.3 is 0 Å². The minimum Gasteiger partial charge on any atom is -0.372 e. The molecule has 1 aromatic rings. The van der Waals surface area contributed by atoms with Gasteiger partial charge in [0.25, 0.3) is 0 Å². The highest BCUT2D eigenvalue weighted by Gasteiger charge is 2.31. The first-order chi connectivity index (χ1) is 9.58. The summed E-state index contributed by atoms with van der Waals surface area (Å²) in [4.78, 5) is 4.31. The van der Waals surface area contributed by atoms with E-state index in [1.807, 2.05) is 17.8 Å². The zero-order valence-corrected chi connectivity index (χ0v) is 15.3. The van der Waals surface area contributed by atoms with Gasteiger partial charge in [0.1, 0.15) is 6.10 Å². The van der Waals surface area contributed by atoms with Crippen LogP contribution in [-0.4, -0.2) is 35.4 Å². The average Bonchev–Trinajstić information content (AvgIpc) is 3.01. The van der Waals surface area contributed by atoms with Crippen LogP contribution in [0.25, 0.3) is 0 Å². The molecule has 21 heavy (non-hydrogen) atoms. The maximum Gasteiger partial charge on any atom is 0.188 e. The Morgan fingerprint density at radius 1 is 1.62 bits per heavy atom. The van der Waals surface area contributed by atoms with Gasteiger partial charge < -0.3 is 15.8 Å². The van der Waals surface area contributed by atoms with Crippen LogP contribution in [0.4, 0.5) is 0 Å². The maximum atomic E-state index is 5.87. The SMILES string of the molecule is CC(C)CN=C(N)NC[C@@H]1CCO[C@H]1c1ccnn1C.I. The topological polar surface area (TPSA) is 77.5 Å². The Labute approximate surface area is 143 Å². The number of nitrogens with zero attached hydrogens (tertiary/aromatic N) is 3. The molecule has 0 aliphatic carbocycles. The lowest BCUT2D eigenvalue weighted by molar-refractivity contribution is 0.0848. The Balaban J connectivity index is 0.00000220. The predicted octanol–water partition coefficient (Wildman–Crippen LogP) is 1.68. The number of guanidine groups is 1. The molecule has 7 heteroatoms. The van der Waals surface area contributed by atoms with E-state index in [-0.39, 0.29) is 30.1 Å². The standard InChI is InChI=1S/C14H25N5O.HI/c1-10(2)8-16-14(15)17-9-11-5-7-20-13(11)12-4-6-18-19(12)3;/h4,6,10-11,13H,5,7-9H2,1-3H3,(H3,15,16,17);1H/t11-,13+;/m0./s1. The molecule has 0 amide bonds. The average molecular weight is 407 g/mol. The molecule has 1 aliphatic rings. The summed E-state index contributed by atoms with van der Waals surface area (Å²) in [5.74, 6) is 1.44. The summed E-state index contributed by atoms with van der Waals surface area (Å²) in [5.41, 5.74) is 6.99. The van der Waals surface area contributed by atoms with Gasteiger partial charge in [-0.2, -0.15) is 5.10 Å². The number of ether oxygens (including phenoxy) is 1. The second-order valence-electron chi connectivity index (χ2n) is 5.72. The molecule has 0 bridgehead atoms. The van der Waals surface area contributed by atoms with Crippen molar-refractivity contribution in [1.82, 2.24) is 15.1 Å². The summed E-state index contributed by atoms with van der Waals surface area (Å²) >= 11 is 0. The molecule has 0 unspecified atom stereocenters. The van der Waals surface area contributed by atoms with Crippen molar-refractivity contribution < 1.29 is 4.74 Å². The second-order valence-corrected chi connectivity index (χ2v) is 5.72. The summed E-state index contributed by atoms with van der Waals surface area (Å²) in [5, 5.41) is 7.42. The van der Waals surface area contributed by atoms with Crippen molar-refractivity contribution in [2.75, 3.05) is 19.7 Å². The number of hydrogen-bond acceptors (Lipinski definition) is 3. The smallest absolute Gasteiger partial charge is 0.188 e. The van der Waals surface area contributed by atoms with Crippen LogP contribution in [0.5, 0.6) is 0 Å². The molecule has 1 saturated heterocycles. The molecule has 3 N–H and O–H groups in total. The summed E-state index contributed by atoms with van der Waals surface area (Å²) in [6, 6.07) is 2.01. The molecule has 0 radical (unpaired) electrons. The zero-order chi connectivity index (χ0) is 14.5. The Bertz CT molecular complexity index is 460. The van der Waals surface area contributed by atoms with Crippen LogP contribution in [0, 0.1) is 11.8 Å². The summed E-state index contributed by atoms with van der Waals surface area (Å²) in [6.07, 6.45) is 2.92. The van der Waals surface area contributed by atoms with Gasteiger partial charge in [-0.1, -0.05) is 13.8 Å². The molecule has 0 saturated carbocycles. The molecule has 6 nitrogen and oxygen atoms in total. The third-order valence-electron chi connectivity index (χ3n) is 3.54. The number of nitrogens with one attached hydrogen (secondary N) is 1. The van der Waals surface area contributed by atoms with Gasteiger partial charge in [0.2, 0.25) is 0 Å². The number of halogens is 1. The summed E-state index contributed by atoms with van der Waals surface area (Å²) < 4.78 is 7.71. The summed E-state index contributed by atoms with van der Waals surface area (Å²) in [7, 11) is 1.94. The van der Waals surface area contributed by atoms with E-state index < -0.39 is 0 Å². The Kier molecular flexibility index (Phi) is 7.44. The molecule has 2 rings (SSSR count). The van der Waals surface area contributed by atoms with Crippen LogP contribution < -0.4 is 11.1 Å². The maximum absolute atomic E-state index is 5.87. The molecule has 1 fully saturated rings. The van der Waals surface area contributed by atoms with E-state index >= 15 is 0 Å². The number of rotatable bonds is 5. The van der Waals surface area contributed by atoms with E-state index in [1.165, 1.54) is 0 Å². The van der Waals surface area contributed by atoms with Crippen LogP contribution in [0.1, 0.15) is 32.1 Å². The number of aliphatic imine (C=N–C) groups is 1. The van der Waals surface area contributed by atoms with Crippen LogP contribution in [0.15, 0.2) is 17.3 Å². The highest BCUT2D eigenvalue weighted by atomic mass is 127. The molecule has 1 aliphatic heterocycles. The number of nitrogens with two attached hydrogens (primary N) is 1. The van der Waals surface area contributed by atoms with Crippen LogP contribution in [-0.2, 0) is 11.8 Å². The van der Waals surface area contributed by atoms with Crippen LogP contribution >= 0.6 is 24.0 Å². The second kappa shape index (κ2) is 8.57. The Morgan fingerprint density at radius 2 is 2.38 bits per heavy atom. The minimum absolute atomic E-state index is 0. The molecule has 120 valence electrons. The lowest BCUT2D eigenvalue weighted by atomic mass is 9.99. The van der Waals surface area contributed by atoms with E-state index in [2.05, 4.69) is 29.3 Å². The summed E-state index contributed by atoms with van der Waals surface area (Å²) in [6.45, 7) is 6.57. The lowest BCUT2D eigenvalue weighted by Crippen LogP contribution is -2.36. The van der Waals surface area contributed by atoms with Gasteiger partial charge in [-0.15, -0.1) is 24.0 Å². The zero-order valence-electron chi connectivity index (χ0n) is 13.0. The van der Waals surface area contributed by atoms with Crippen LogP contribution in [0.3, 0.4) is 0 Å². The quantitative estimate of drug-likeness (QED) is 0.442. The predicted molar refractivity (Wildman–Crippen MR) is 94.8 cm³/mol. The van der Waals surface area contributed by atoms with Crippen molar-refractivity contribution in [3.8, 4) is 0 Å². The normalized spacial score (nSPS) is 22.4. The molecule has 0 aromatic carbocycles. The van der Waals surface area contributed by atoms with Crippen molar-refractivity contribution in [3.05, 3.63) is 18.0 Å². The molecule has 0 spiro atoms. The largest absolute Gasteiger partial charge is 0.372 e. The van der Waals surface area contributed by atoms with E-state index in [9.17, 15) is 0 Å². The van der Waals surface area contributed by atoms with Crippen LogP contribution in [0.2, 0.25) is 0 Å². The van der Waals surface area contributed by atoms with Crippen molar-refractivity contribution in [2.24, 2.45) is 29.6 Å². The van der Waals surface area contributed by atoms with E-state index in [4.69, 9.17) is 10.5 Å². The van der Waals surface area contributed by atoms with Gasteiger partial charge in [0.05, 0.1) is 5.69 Å². The highest BCUT2D eigenvalue weighted by molar-refractivity contribution is 14.0. The number of hydrogen-bond donors (Lipinski definition) is 2. The molecule has 1 aromatic heterocycles. The van der Waals surface area contributed by atoms with Gasteiger partial charge in [-0.05, 0) is 18.4 Å². The molecule has 2 atom stereocenters. The van der Waals surface area contributed by atoms with E-state index in [0.717, 1.165) is 31.8 Å².